The second-order valence-electron chi connectivity index (χ2n) is 6.31. The van der Waals surface area contributed by atoms with Crippen molar-refractivity contribution in [3.63, 3.8) is 0 Å². The summed E-state index contributed by atoms with van der Waals surface area (Å²) >= 11 is 7.90. The zero-order valence-corrected chi connectivity index (χ0v) is 14.6. The third kappa shape index (κ3) is 2.76. The highest BCUT2D eigenvalue weighted by Crippen LogP contribution is 2.37. The summed E-state index contributed by atoms with van der Waals surface area (Å²) in [7, 11) is 0. The van der Waals surface area contributed by atoms with E-state index < -0.39 is 0 Å². The molecule has 0 aliphatic carbocycles. The number of piperidine rings is 1. The van der Waals surface area contributed by atoms with Crippen LogP contribution in [0.2, 0.25) is 5.28 Å². The van der Waals surface area contributed by atoms with Gasteiger partial charge in [0.1, 0.15) is 10.6 Å². The Labute approximate surface area is 135 Å². The Hall–Kier alpha value is -0.870. The first-order valence-corrected chi connectivity index (χ1v) is 8.91. The average Bonchev–Trinajstić information content (AvgIpc) is 2.84. The minimum Gasteiger partial charge on any atom is -0.353 e. The number of aromatic nitrogens is 2. The van der Waals surface area contributed by atoms with Gasteiger partial charge in [0.15, 0.2) is 0 Å². The summed E-state index contributed by atoms with van der Waals surface area (Å²) in [6.45, 7) is 10.2. The molecule has 5 heteroatoms. The van der Waals surface area contributed by atoms with Crippen molar-refractivity contribution in [2.45, 2.75) is 46.6 Å². The molecule has 3 atom stereocenters. The van der Waals surface area contributed by atoms with E-state index in [0.717, 1.165) is 29.0 Å². The maximum Gasteiger partial charge on any atom is 0.225 e. The lowest BCUT2D eigenvalue weighted by molar-refractivity contribution is 0.296. The molecule has 1 saturated heterocycles. The van der Waals surface area contributed by atoms with Crippen molar-refractivity contribution < 1.29 is 0 Å². The quantitative estimate of drug-likeness (QED) is 0.745. The topological polar surface area (TPSA) is 29.0 Å². The van der Waals surface area contributed by atoms with E-state index in [4.69, 9.17) is 11.6 Å². The smallest absolute Gasteiger partial charge is 0.225 e. The van der Waals surface area contributed by atoms with E-state index >= 15 is 0 Å². The van der Waals surface area contributed by atoms with E-state index in [1.165, 1.54) is 11.3 Å². The van der Waals surface area contributed by atoms with Crippen LogP contribution in [0.25, 0.3) is 10.2 Å². The van der Waals surface area contributed by atoms with E-state index in [1.54, 1.807) is 11.3 Å². The van der Waals surface area contributed by atoms with Gasteiger partial charge in [0.25, 0.3) is 0 Å². The molecule has 0 aromatic carbocycles. The summed E-state index contributed by atoms with van der Waals surface area (Å²) < 4.78 is 0. The number of thiophene rings is 1. The van der Waals surface area contributed by atoms with E-state index in [2.05, 4.69) is 48.6 Å². The number of hydrogen-bond donors (Lipinski definition) is 0. The van der Waals surface area contributed by atoms with Crippen molar-refractivity contribution in [2.24, 2.45) is 11.8 Å². The molecule has 1 aliphatic heterocycles. The molecule has 1 fully saturated rings. The highest BCUT2D eigenvalue weighted by atomic mass is 35.5. The lowest BCUT2D eigenvalue weighted by Crippen LogP contribution is -2.46. The first kappa shape index (κ1) is 15.0. The van der Waals surface area contributed by atoms with Crippen LogP contribution in [0.5, 0.6) is 0 Å². The van der Waals surface area contributed by atoms with Gasteiger partial charge in [-0.1, -0.05) is 20.8 Å². The SMILES string of the molecule is CCc1cc2c(N3CC(C)CC(C)C3C)nc(Cl)nc2s1. The number of halogens is 1. The van der Waals surface area contributed by atoms with Gasteiger partial charge in [-0.25, -0.2) is 4.98 Å². The summed E-state index contributed by atoms with van der Waals surface area (Å²) in [4.78, 5) is 13.8. The van der Waals surface area contributed by atoms with Gasteiger partial charge in [0.2, 0.25) is 5.28 Å². The molecule has 3 nitrogen and oxygen atoms in total. The summed E-state index contributed by atoms with van der Waals surface area (Å²) in [6, 6.07) is 2.72. The van der Waals surface area contributed by atoms with Gasteiger partial charge in [0, 0.05) is 17.5 Å². The average molecular weight is 324 g/mol. The fourth-order valence-corrected chi connectivity index (χ4v) is 4.50. The summed E-state index contributed by atoms with van der Waals surface area (Å²) in [5.74, 6) is 2.37. The van der Waals surface area contributed by atoms with Gasteiger partial charge in [-0.3, -0.25) is 0 Å². The second kappa shape index (κ2) is 5.73. The monoisotopic (exact) mass is 323 g/mol. The number of nitrogens with zero attached hydrogens (tertiary/aromatic N) is 3. The Bertz CT molecular complexity index is 654. The maximum absolute atomic E-state index is 6.17. The van der Waals surface area contributed by atoms with Crippen LogP contribution < -0.4 is 4.90 Å². The van der Waals surface area contributed by atoms with Gasteiger partial charge < -0.3 is 4.90 Å². The molecule has 0 bridgehead atoms. The van der Waals surface area contributed by atoms with Crippen LogP contribution in [-0.4, -0.2) is 22.6 Å². The van der Waals surface area contributed by atoms with Crippen LogP contribution in [0, 0.1) is 11.8 Å². The molecule has 3 unspecified atom stereocenters. The van der Waals surface area contributed by atoms with Gasteiger partial charge in [-0.2, -0.15) is 4.98 Å². The molecule has 3 rings (SSSR count). The maximum atomic E-state index is 6.17. The number of fused-ring (bicyclic) bond motifs is 1. The van der Waals surface area contributed by atoms with Crippen LogP contribution in [-0.2, 0) is 6.42 Å². The Balaban J connectivity index is 2.11. The van der Waals surface area contributed by atoms with Crippen molar-refractivity contribution in [1.82, 2.24) is 9.97 Å². The number of rotatable bonds is 2. The molecular formula is C16H22ClN3S. The van der Waals surface area contributed by atoms with Crippen LogP contribution in [0.4, 0.5) is 5.82 Å². The molecule has 0 amide bonds. The normalized spacial score (nSPS) is 26.5. The zero-order chi connectivity index (χ0) is 15.1. The largest absolute Gasteiger partial charge is 0.353 e. The van der Waals surface area contributed by atoms with Gasteiger partial charge in [0.05, 0.1) is 5.39 Å². The number of hydrogen-bond acceptors (Lipinski definition) is 4. The third-order valence-corrected chi connectivity index (χ3v) is 5.96. The highest BCUT2D eigenvalue weighted by Gasteiger charge is 2.31. The summed E-state index contributed by atoms with van der Waals surface area (Å²) in [6.07, 6.45) is 2.31. The van der Waals surface area contributed by atoms with E-state index in [9.17, 15) is 0 Å². The van der Waals surface area contributed by atoms with E-state index in [0.29, 0.717) is 23.2 Å². The Kier molecular flexibility index (Phi) is 4.10. The Morgan fingerprint density at radius 2 is 2.10 bits per heavy atom. The molecule has 3 heterocycles. The van der Waals surface area contributed by atoms with Gasteiger partial charge in [-0.05, 0) is 49.3 Å². The number of aryl methyl sites for hydroxylation is 1. The van der Waals surface area contributed by atoms with Crippen LogP contribution in [0.15, 0.2) is 6.07 Å². The molecule has 21 heavy (non-hydrogen) atoms. The molecule has 2 aromatic heterocycles. The molecule has 0 radical (unpaired) electrons. The molecule has 1 aliphatic rings. The molecular weight excluding hydrogens is 302 g/mol. The molecule has 0 N–H and O–H groups in total. The molecule has 2 aromatic rings. The Morgan fingerprint density at radius 1 is 1.33 bits per heavy atom. The predicted octanol–water partition coefficient (Wildman–Crippen LogP) is 4.78. The lowest BCUT2D eigenvalue weighted by Gasteiger charge is -2.42. The first-order chi connectivity index (χ1) is 9.99. The summed E-state index contributed by atoms with van der Waals surface area (Å²) in [5, 5.41) is 1.52. The minimum atomic E-state index is 0.361. The van der Waals surface area contributed by atoms with Crippen molar-refractivity contribution in [2.75, 3.05) is 11.4 Å². The molecule has 0 saturated carbocycles. The lowest BCUT2D eigenvalue weighted by atomic mass is 9.86. The summed E-state index contributed by atoms with van der Waals surface area (Å²) in [5.41, 5.74) is 0. The van der Waals surface area contributed by atoms with Crippen molar-refractivity contribution in [1.29, 1.82) is 0 Å². The minimum absolute atomic E-state index is 0.361. The van der Waals surface area contributed by atoms with Crippen molar-refractivity contribution >= 4 is 39.0 Å². The molecule has 0 spiro atoms. The first-order valence-electron chi connectivity index (χ1n) is 7.72. The molecule has 114 valence electrons. The standard InChI is InChI=1S/C16H22ClN3S/c1-5-12-7-13-14(18-16(17)19-15(13)21-12)20-8-9(2)6-10(3)11(20)4/h7,9-11H,5-6,8H2,1-4H3. The third-order valence-electron chi connectivity index (χ3n) is 4.61. The van der Waals surface area contributed by atoms with Crippen LogP contribution in [0.1, 0.15) is 39.0 Å². The zero-order valence-electron chi connectivity index (χ0n) is 13.1. The second-order valence-corrected chi connectivity index (χ2v) is 7.77. The fourth-order valence-electron chi connectivity index (χ4n) is 3.32. The highest BCUT2D eigenvalue weighted by molar-refractivity contribution is 7.18. The van der Waals surface area contributed by atoms with Crippen LogP contribution >= 0.6 is 22.9 Å². The fraction of sp³-hybridized carbons (Fsp3) is 0.625. The van der Waals surface area contributed by atoms with Gasteiger partial charge in [-0.15, -0.1) is 11.3 Å². The van der Waals surface area contributed by atoms with Crippen molar-refractivity contribution in [3.05, 3.63) is 16.2 Å². The van der Waals surface area contributed by atoms with Gasteiger partial charge >= 0.3 is 0 Å². The van der Waals surface area contributed by atoms with E-state index in [-0.39, 0.29) is 0 Å². The van der Waals surface area contributed by atoms with Crippen LogP contribution in [0.3, 0.4) is 0 Å². The Morgan fingerprint density at radius 3 is 2.81 bits per heavy atom. The van der Waals surface area contributed by atoms with E-state index in [1.807, 2.05) is 0 Å². The van der Waals surface area contributed by atoms with Crippen molar-refractivity contribution in [3.8, 4) is 0 Å². The predicted molar refractivity (Wildman–Crippen MR) is 91.6 cm³/mol. The number of anilines is 1.